The Morgan fingerprint density at radius 3 is 2.42 bits per heavy atom. The van der Waals surface area contributed by atoms with E-state index >= 15 is 0 Å². The van der Waals surface area contributed by atoms with Crippen molar-refractivity contribution in [3.63, 3.8) is 0 Å². The number of hydrogen-bond acceptors (Lipinski definition) is 2. The topological polar surface area (TPSA) is 57.8 Å². The molecule has 1 N–H and O–H groups in total. The van der Waals surface area contributed by atoms with Crippen molar-refractivity contribution in [1.29, 1.82) is 5.26 Å². The van der Waals surface area contributed by atoms with Gasteiger partial charge in [-0.1, -0.05) is 6.07 Å². The molecule has 0 saturated heterocycles. The van der Waals surface area contributed by atoms with E-state index in [0.717, 1.165) is 32.8 Å². The van der Waals surface area contributed by atoms with Gasteiger partial charge in [-0.25, -0.2) is 0 Å². The number of amides is 1. The van der Waals surface area contributed by atoms with Gasteiger partial charge in [0, 0.05) is 26.3 Å². The fourth-order valence-electron chi connectivity index (χ4n) is 3.20. The number of benzene rings is 2. The number of rotatable bonds is 4. The van der Waals surface area contributed by atoms with Gasteiger partial charge in [-0.15, -0.1) is 0 Å². The van der Waals surface area contributed by atoms with Crippen LogP contribution in [-0.2, 0) is 11.0 Å². The molecule has 0 unspecified atom stereocenters. The summed E-state index contributed by atoms with van der Waals surface area (Å²) in [6.07, 6.45) is -3.09. The van der Waals surface area contributed by atoms with Gasteiger partial charge in [-0.3, -0.25) is 4.79 Å². The first-order valence-electron chi connectivity index (χ1n) is 9.15. The number of aryl methyl sites for hydroxylation is 1. The first-order chi connectivity index (χ1) is 14.6. The number of halogens is 4. The largest absolute Gasteiger partial charge is 0.416 e. The highest BCUT2D eigenvalue weighted by molar-refractivity contribution is 14.1. The zero-order valence-corrected chi connectivity index (χ0v) is 18.7. The standard InChI is InChI=1S/C23H17F3IN3O/c1-14-10-16(15(2)30(14)21-8-6-19(27)7-9-21)11-17(13-28)22(31)29-20-5-3-4-18(12-20)23(24,25)26/h3-12H,1-2H3,(H,29,31)/b17-11-. The second-order valence-corrected chi connectivity index (χ2v) is 8.09. The summed E-state index contributed by atoms with van der Waals surface area (Å²) in [5, 5.41) is 11.8. The third-order valence-electron chi connectivity index (χ3n) is 4.67. The van der Waals surface area contributed by atoms with Crippen LogP contribution in [0.25, 0.3) is 11.8 Å². The Morgan fingerprint density at radius 2 is 1.81 bits per heavy atom. The van der Waals surface area contributed by atoms with E-state index in [-0.39, 0.29) is 11.3 Å². The number of carbonyl (C=O) groups is 1. The van der Waals surface area contributed by atoms with Crippen LogP contribution in [0.15, 0.2) is 60.2 Å². The van der Waals surface area contributed by atoms with Crippen LogP contribution in [-0.4, -0.2) is 10.5 Å². The molecule has 0 aliphatic rings. The van der Waals surface area contributed by atoms with E-state index < -0.39 is 17.6 Å². The quantitative estimate of drug-likeness (QED) is 0.244. The number of carbonyl (C=O) groups excluding carboxylic acids is 1. The monoisotopic (exact) mass is 535 g/mol. The lowest BCUT2D eigenvalue weighted by Crippen LogP contribution is -2.14. The zero-order valence-electron chi connectivity index (χ0n) is 16.6. The molecule has 3 rings (SSSR count). The van der Waals surface area contributed by atoms with Crippen molar-refractivity contribution >= 4 is 40.3 Å². The Kier molecular flexibility index (Phi) is 6.55. The van der Waals surface area contributed by atoms with Crippen molar-refractivity contribution < 1.29 is 18.0 Å². The predicted molar refractivity (Wildman–Crippen MR) is 122 cm³/mol. The highest BCUT2D eigenvalue weighted by Gasteiger charge is 2.30. The minimum absolute atomic E-state index is 0.0367. The maximum Gasteiger partial charge on any atom is 0.416 e. The van der Waals surface area contributed by atoms with Crippen molar-refractivity contribution in [3.05, 3.63) is 86.3 Å². The SMILES string of the molecule is Cc1cc(/C=C(/C#N)C(=O)Nc2cccc(C(F)(F)F)c2)c(C)n1-c1ccc(I)cc1. The van der Waals surface area contributed by atoms with Crippen molar-refractivity contribution in [1.82, 2.24) is 4.57 Å². The molecule has 0 spiro atoms. The van der Waals surface area contributed by atoms with Gasteiger partial charge >= 0.3 is 6.18 Å². The smallest absolute Gasteiger partial charge is 0.321 e. The van der Waals surface area contributed by atoms with Gasteiger partial charge in [-0.05, 0) is 96.6 Å². The van der Waals surface area contributed by atoms with Gasteiger partial charge in [0.1, 0.15) is 11.6 Å². The third kappa shape index (κ3) is 5.17. The predicted octanol–water partition coefficient (Wildman–Crippen LogP) is 6.26. The summed E-state index contributed by atoms with van der Waals surface area (Å²) in [6.45, 7) is 3.79. The maximum absolute atomic E-state index is 12.9. The summed E-state index contributed by atoms with van der Waals surface area (Å²) in [5.74, 6) is -0.777. The number of hydrogen-bond donors (Lipinski definition) is 1. The van der Waals surface area contributed by atoms with E-state index in [1.54, 1.807) is 0 Å². The molecule has 1 aromatic heterocycles. The summed E-state index contributed by atoms with van der Waals surface area (Å²) in [5.41, 5.74) is 2.24. The summed E-state index contributed by atoms with van der Waals surface area (Å²) >= 11 is 2.22. The Labute approximate surface area is 191 Å². The number of nitriles is 1. The number of nitrogens with one attached hydrogen (secondary N) is 1. The van der Waals surface area contributed by atoms with Gasteiger partial charge in [-0.2, -0.15) is 18.4 Å². The molecule has 8 heteroatoms. The third-order valence-corrected chi connectivity index (χ3v) is 5.39. The van der Waals surface area contributed by atoms with Crippen LogP contribution in [0.2, 0.25) is 0 Å². The average Bonchev–Trinajstić information content (AvgIpc) is 2.99. The lowest BCUT2D eigenvalue weighted by atomic mass is 10.1. The molecule has 0 atom stereocenters. The maximum atomic E-state index is 12.9. The molecule has 0 aliphatic heterocycles. The summed E-state index contributed by atoms with van der Waals surface area (Å²) in [4.78, 5) is 12.5. The zero-order chi connectivity index (χ0) is 22.8. The van der Waals surface area contributed by atoms with Gasteiger partial charge < -0.3 is 9.88 Å². The molecule has 0 bridgehead atoms. The number of aromatic nitrogens is 1. The van der Waals surface area contributed by atoms with Gasteiger partial charge in [0.2, 0.25) is 0 Å². The summed E-state index contributed by atoms with van der Waals surface area (Å²) in [7, 11) is 0. The fourth-order valence-corrected chi connectivity index (χ4v) is 3.56. The second-order valence-electron chi connectivity index (χ2n) is 6.84. The Balaban J connectivity index is 1.90. The Bertz CT molecular complexity index is 1200. The Hall–Kier alpha value is -3.06. The van der Waals surface area contributed by atoms with Crippen LogP contribution in [0.3, 0.4) is 0 Å². The van der Waals surface area contributed by atoms with E-state index in [9.17, 15) is 23.2 Å². The average molecular weight is 535 g/mol. The van der Waals surface area contributed by atoms with E-state index in [1.807, 2.05) is 54.8 Å². The normalized spacial score (nSPS) is 11.8. The molecule has 0 saturated carbocycles. The molecule has 158 valence electrons. The van der Waals surface area contributed by atoms with E-state index in [4.69, 9.17) is 0 Å². The van der Waals surface area contributed by atoms with E-state index in [1.165, 1.54) is 18.2 Å². The number of nitrogens with zero attached hydrogens (tertiary/aromatic N) is 2. The fraction of sp³-hybridized carbons (Fsp3) is 0.130. The second kappa shape index (κ2) is 8.98. The van der Waals surface area contributed by atoms with Crippen molar-refractivity contribution in [3.8, 4) is 11.8 Å². The van der Waals surface area contributed by atoms with Crippen molar-refractivity contribution in [2.24, 2.45) is 0 Å². The lowest BCUT2D eigenvalue weighted by molar-refractivity contribution is -0.137. The minimum atomic E-state index is -4.53. The van der Waals surface area contributed by atoms with Crippen LogP contribution in [0.1, 0.15) is 22.5 Å². The highest BCUT2D eigenvalue weighted by Crippen LogP contribution is 2.31. The van der Waals surface area contributed by atoms with E-state index in [2.05, 4.69) is 27.9 Å². The van der Waals surface area contributed by atoms with Crippen LogP contribution < -0.4 is 5.32 Å². The molecule has 0 fully saturated rings. The van der Waals surface area contributed by atoms with Crippen molar-refractivity contribution in [2.45, 2.75) is 20.0 Å². The summed E-state index contributed by atoms with van der Waals surface area (Å²) in [6, 6.07) is 15.9. The molecule has 3 aromatic rings. The Morgan fingerprint density at radius 1 is 1.13 bits per heavy atom. The van der Waals surface area contributed by atoms with Crippen LogP contribution in [0.5, 0.6) is 0 Å². The van der Waals surface area contributed by atoms with Crippen LogP contribution >= 0.6 is 22.6 Å². The number of anilines is 1. The van der Waals surface area contributed by atoms with Gasteiger partial charge in [0.25, 0.3) is 5.91 Å². The molecular formula is C23H17F3IN3O. The van der Waals surface area contributed by atoms with Gasteiger partial charge in [0.15, 0.2) is 0 Å². The van der Waals surface area contributed by atoms with Gasteiger partial charge in [0.05, 0.1) is 5.56 Å². The first kappa shape index (κ1) is 22.6. The summed E-state index contributed by atoms with van der Waals surface area (Å²) < 4.78 is 41.8. The molecule has 2 aromatic carbocycles. The molecule has 1 amide bonds. The molecule has 0 radical (unpaired) electrons. The highest BCUT2D eigenvalue weighted by atomic mass is 127. The van der Waals surface area contributed by atoms with Crippen LogP contribution in [0.4, 0.5) is 18.9 Å². The lowest BCUT2D eigenvalue weighted by Gasteiger charge is -2.10. The number of alkyl halides is 3. The first-order valence-corrected chi connectivity index (χ1v) is 10.2. The molecule has 0 aliphatic carbocycles. The van der Waals surface area contributed by atoms with E-state index in [0.29, 0.717) is 5.56 Å². The molecule has 4 nitrogen and oxygen atoms in total. The van der Waals surface area contributed by atoms with Crippen molar-refractivity contribution in [2.75, 3.05) is 5.32 Å². The molecular weight excluding hydrogens is 518 g/mol. The molecule has 31 heavy (non-hydrogen) atoms. The molecule has 1 heterocycles. The van der Waals surface area contributed by atoms with Crippen LogP contribution in [0, 0.1) is 28.7 Å². The minimum Gasteiger partial charge on any atom is -0.321 e.